The van der Waals surface area contributed by atoms with E-state index in [1.54, 1.807) is 79.4 Å². The lowest BCUT2D eigenvalue weighted by molar-refractivity contribution is -0.139. The molecule has 5 atom stereocenters. The molecule has 6 aliphatic rings. The third-order valence-electron chi connectivity index (χ3n) is 19.8. The molecule has 0 saturated carbocycles. The lowest BCUT2D eigenvalue weighted by atomic mass is 9.96. The number of carbonyl (C=O) groups excluding carboxylic acids is 8. The summed E-state index contributed by atoms with van der Waals surface area (Å²) in [5.74, 6) is -0.857. The summed E-state index contributed by atoms with van der Waals surface area (Å²) in [7, 11) is 3.00. The van der Waals surface area contributed by atoms with Crippen molar-refractivity contribution < 1.29 is 105 Å². The van der Waals surface area contributed by atoms with E-state index in [0.29, 0.717) is 168 Å². The van der Waals surface area contributed by atoms with Gasteiger partial charge in [0.15, 0.2) is 34.5 Å². The number of benzene rings is 4. The van der Waals surface area contributed by atoms with Gasteiger partial charge in [-0.2, -0.15) is 0 Å². The van der Waals surface area contributed by atoms with Gasteiger partial charge in [-0.25, -0.2) is 0 Å². The number of hydrogen-bond donors (Lipinski definition) is 4. The van der Waals surface area contributed by atoms with E-state index in [4.69, 9.17) is 71.3 Å². The number of carbonyl (C=O) groups is 8. The number of methoxy groups -OCH3 is 2. The highest BCUT2D eigenvalue weighted by molar-refractivity contribution is 6.07. The number of ether oxygens (including phenoxy) is 14. The van der Waals surface area contributed by atoms with Crippen molar-refractivity contribution in [1.82, 2.24) is 30.7 Å². The van der Waals surface area contributed by atoms with Gasteiger partial charge in [0.2, 0.25) is 42.2 Å². The maximum absolute atomic E-state index is 14.2. The summed E-state index contributed by atoms with van der Waals surface area (Å²) in [4.78, 5) is 120. The average molecular weight is 1660 g/mol. The molecule has 0 aromatic heterocycles. The van der Waals surface area contributed by atoms with Crippen LogP contribution in [-0.4, -0.2) is 252 Å². The van der Waals surface area contributed by atoms with Crippen LogP contribution < -0.4 is 49.7 Å². The van der Waals surface area contributed by atoms with Crippen molar-refractivity contribution in [2.75, 3.05) is 158 Å². The Labute approximate surface area is 699 Å². The molecule has 4 aromatic rings. The number of imide groups is 1. The van der Waals surface area contributed by atoms with Crippen LogP contribution in [0, 0.1) is 11.8 Å². The van der Waals surface area contributed by atoms with Gasteiger partial charge in [0.05, 0.1) is 168 Å². The molecule has 10 rings (SSSR count). The van der Waals surface area contributed by atoms with Crippen LogP contribution in [0.5, 0.6) is 34.5 Å². The van der Waals surface area contributed by atoms with Gasteiger partial charge in [0, 0.05) is 87.7 Å². The Balaban J connectivity index is 0.514. The summed E-state index contributed by atoms with van der Waals surface area (Å²) in [5, 5.41) is 11.1. The summed E-state index contributed by atoms with van der Waals surface area (Å²) >= 11 is 0. The SMILES string of the molecule is C=Nc1cc(OCCCOc2cc3c(cc2OC)C(=O)N2C=C(c4ccc(NC(=O)[C@H](C)NC(=O)C(NC(=O)CCOCCOCCOCCOCCOCCOCCOCCOCCNC(=O)CCN5C(=O)CC(C6=C\C=C/C=C\C=C/C=C\C=C6)C5=O)C(C)C)cc4)C[C@H]2C=N3)c(OC)cc1C(=O)N1C=C(c2ccc3c(c2)OCO3)C[C@H]1C. The molecule has 4 aromatic carbocycles. The number of nitrogens with zero attached hydrogens (tertiary/aromatic N) is 5. The molecule has 4 N–H and O–H groups in total. The standard InChI is InChI=1S/C89H109N9O22/c1-60(2)84(95-82(100)27-32-109-34-36-111-38-40-113-42-44-115-46-47-116-45-43-114-41-39-112-37-35-110-33-28-91-81(99)26-29-96-83(101)53-70(87(96)104)64-18-15-13-11-9-8-10-12-14-16-19-64)86(103)93-62(4)85(102)94-68-23-20-63(21-24-68)67-49-69-56-92-74-55-80(77(108-7)52-72(74)89(106)98(69)58-67)118-31-17-30-117-79-54-73(90-5)71(51-76(79)107-6)88(105)97-57-66(48-61(97)3)65-22-25-75-78(50-65)120-59-119-75/h8-16,18-25,50-52,54-58,60-62,69-70,84H,5,17,26-49,53,59H2,1-4,6-7H3,(H,91,99)(H,93,103)(H,94,102)(H,95,100)/b9-8-,10-8?,11-9?,12-10-,13-11-,14-12?,15-13?,16-14-,18-15?,19-16?,64-18?,64-19?/t61-,62+,69+,70?,84?/m1/s1. The van der Waals surface area contributed by atoms with E-state index in [1.165, 1.54) is 19.1 Å². The van der Waals surface area contributed by atoms with Crippen LogP contribution in [0.4, 0.5) is 17.1 Å². The van der Waals surface area contributed by atoms with Crippen LogP contribution in [0.15, 0.2) is 162 Å². The molecule has 0 spiro atoms. The molecule has 0 bridgehead atoms. The molecular formula is C89H109N9O22. The summed E-state index contributed by atoms with van der Waals surface area (Å²) < 4.78 is 79.3. The molecule has 120 heavy (non-hydrogen) atoms. The first-order valence-electron chi connectivity index (χ1n) is 40.4. The van der Waals surface area contributed by atoms with Gasteiger partial charge < -0.3 is 97.4 Å². The molecule has 642 valence electrons. The monoisotopic (exact) mass is 1660 g/mol. The molecule has 31 heteroatoms. The maximum atomic E-state index is 14.2. The number of hydrogen-bond acceptors (Lipinski definition) is 24. The van der Waals surface area contributed by atoms with Crippen LogP contribution in [0.1, 0.15) is 98.1 Å². The molecule has 5 aliphatic heterocycles. The van der Waals surface area contributed by atoms with Gasteiger partial charge in [-0.05, 0) is 97.1 Å². The second-order valence-corrected chi connectivity index (χ2v) is 28.7. The summed E-state index contributed by atoms with van der Waals surface area (Å²) in [6.07, 6.45) is 27.5. The minimum absolute atomic E-state index is 0.00116. The highest BCUT2D eigenvalue weighted by Gasteiger charge is 2.40. The summed E-state index contributed by atoms with van der Waals surface area (Å²) in [5.41, 5.74) is 6.26. The number of anilines is 1. The third kappa shape index (κ3) is 27.0. The van der Waals surface area contributed by atoms with E-state index >= 15 is 0 Å². The van der Waals surface area contributed by atoms with Crippen molar-refractivity contribution in [3.8, 4) is 34.5 Å². The van der Waals surface area contributed by atoms with E-state index in [1.807, 2.05) is 110 Å². The van der Waals surface area contributed by atoms with Crippen molar-refractivity contribution in [2.45, 2.75) is 90.4 Å². The number of amides is 8. The molecule has 2 unspecified atom stereocenters. The zero-order valence-corrected chi connectivity index (χ0v) is 68.9. The zero-order chi connectivity index (χ0) is 85.0. The van der Waals surface area contributed by atoms with Gasteiger partial charge in [0.1, 0.15) is 12.1 Å². The number of allylic oxidation sites excluding steroid dienone is 11. The van der Waals surface area contributed by atoms with Crippen LogP contribution in [-0.2, 0) is 66.7 Å². The molecule has 31 nitrogen and oxygen atoms in total. The predicted octanol–water partition coefficient (Wildman–Crippen LogP) is 9.57. The minimum Gasteiger partial charge on any atom is -0.493 e. The van der Waals surface area contributed by atoms with Crippen LogP contribution in [0.3, 0.4) is 0 Å². The Hall–Kier alpha value is -11.4. The second-order valence-electron chi connectivity index (χ2n) is 28.7. The van der Waals surface area contributed by atoms with Crippen molar-refractivity contribution in [3.63, 3.8) is 0 Å². The zero-order valence-electron chi connectivity index (χ0n) is 68.9. The van der Waals surface area contributed by atoms with Gasteiger partial charge in [0.25, 0.3) is 11.8 Å². The summed E-state index contributed by atoms with van der Waals surface area (Å²) in [6, 6.07) is 17.1. The first-order chi connectivity index (χ1) is 58.4. The largest absolute Gasteiger partial charge is 0.493 e. The lowest BCUT2D eigenvalue weighted by Crippen LogP contribution is -2.53. The summed E-state index contributed by atoms with van der Waals surface area (Å²) in [6.45, 7) is 17.2. The average Bonchev–Trinajstić information content (AvgIpc) is 1.58. The van der Waals surface area contributed by atoms with Crippen molar-refractivity contribution >= 4 is 88.4 Å². The fourth-order valence-corrected chi connectivity index (χ4v) is 13.4. The Morgan fingerprint density at radius 1 is 0.583 bits per heavy atom. The first-order valence-corrected chi connectivity index (χ1v) is 40.4. The molecule has 1 aliphatic carbocycles. The van der Waals surface area contributed by atoms with Crippen LogP contribution in [0.25, 0.3) is 11.1 Å². The number of rotatable bonds is 49. The fraction of sp³-hybridized carbons (Fsp3) is 0.438. The number of aliphatic imine (C=N–C) groups is 2. The van der Waals surface area contributed by atoms with Crippen molar-refractivity contribution in [2.24, 2.45) is 21.8 Å². The predicted molar refractivity (Wildman–Crippen MR) is 449 cm³/mol. The van der Waals surface area contributed by atoms with E-state index in [9.17, 15) is 38.4 Å². The van der Waals surface area contributed by atoms with E-state index < -0.39 is 29.8 Å². The van der Waals surface area contributed by atoms with Crippen molar-refractivity contribution in [1.29, 1.82) is 0 Å². The second kappa shape index (κ2) is 48.0. The van der Waals surface area contributed by atoms with Crippen LogP contribution in [0.2, 0.25) is 0 Å². The maximum Gasteiger partial charge on any atom is 0.260 e. The highest BCUT2D eigenvalue weighted by Crippen LogP contribution is 2.43. The Kier molecular flexibility index (Phi) is 36.3. The van der Waals surface area contributed by atoms with E-state index in [0.717, 1.165) is 27.8 Å². The quantitative estimate of drug-likeness (QED) is 0.0181. The van der Waals surface area contributed by atoms with Gasteiger partial charge in [-0.1, -0.05) is 98.9 Å². The van der Waals surface area contributed by atoms with E-state index in [2.05, 4.69) is 33.0 Å². The van der Waals surface area contributed by atoms with Gasteiger partial charge in [-0.15, -0.1) is 0 Å². The molecule has 1 saturated heterocycles. The lowest BCUT2D eigenvalue weighted by Gasteiger charge is -2.24. The Bertz CT molecular complexity index is 4490. The fourth-order valence-electron chi connectivity index (χ4n) is 13.4. The molecular weight excluding hydrogens is 1550 g/mol. The number of fused-ring (bicyclic) bond motifs is 3. The van der Waals surface area contributed by atoms with Gasteiger partial charge >= 0.3 is 0 Å². The molecule has 1 fully saturated rings. The Morgan fingerprint density at radius 3 is 1.78 bits per heavy atom. The van der Waals surface area contributed by atoms with Crippen molar-refractivity contribution in [3.05, 3.63) is 174 Å². The van der Waals surface area contributed by atoms with Crippen LogP contribution >= 0.6 is 0 Å². The smallest absolute Gasteiger partial charge is 0.260 e. The topological polar surface area (TPSA) is 348 Å². The number of nitrogens with one attached hydrogen (secondary N) is 4. The van der Waals surface area contributed by atoms with Gasteiger partial charge in [-0.3, -0.25) is 53.2 Å². The molecule has 8 amide bonds. The normalized spacial score (nSPS) is 18.1. The minimum atomic E-state index is -0.951. The highest BCUT2D eigenvalue weighted by atomic mass is 16.7. The van der Waals surface area contributed by atoms with E-state index in [-0.39, 0.29) is 126 Å². The molecule has 5 heterocycles. The number of likely N-dealkylation sites (tertiary alicyclic amines) is 1. The Morgan fingerprint density at radius 2 is 1.16 bits per heavy atom. The first kappa shape index (κ1) is 90.9. The molecule has 0 radical (unpaired) electrons. The third-order valence-corrected chi connectivity index (χ3v) is 19.8.